The lowest BCUT2D eigenvalue weighted by Crippen LogP contribution is -2.04. The van der Waals surface area contributed by atoms with Gasteiger partial charge < -0.3 is 4.74 Å². The molecular weight excluding hydrogens is 305 g/mol. The predicted octanol–water partition coefficient (Wildman–Crippen LogP) is 3.92. The maximum absolute atomic E-state index is 11.9. The number of carbonyl (C=O) groups is 1. The van der Waals surface area contributed by atoms with Gasteiger partial charge in [0, 0.05) is 4.47 Å². The van der Waals surface area contributed by atoms with Crippen molar-refractivity contribution in [2.75, 3.05) is 0 Å². The zero-order valence-corrected chi connectivity index (χ0v) is 10.6. The van der Waals surface area contributed by atoms with E-state index in [0.29, 0.717) is 10.0 Å². The first kappa shape index (κ1) is 13.4. The molecule has 1 unspecified atom stereocenters. The number of Topliss-reactive ketones (excluding diaryl/α,β-unsaturated/α-hetero) is 1. The van der Waals surface area contributed by atoms with Crippen molar-refractivity contribution in [1.82, 2.24) is 0 Å². The Hall–Kier alpha value is -0.680. The molecule has 16 heavy (non-hydrogen) atoms. The van der Waals surface area contributed by atoms with Gasteiger partial charge in [-0.1, -0.05) is 22.0 Å². The van der Waals surface area contributed by atoms with Gasteiger partial charge in [-0.05, 0) is 24.6 Å². The number of carbonyl (C=O) groups excluding carboxylic acids is 1. The Balaban J connectivity index is 2.95. The molecule has 0 radical (unpaired) electrons. The normalized spacial score (nSPS) is 12.6. The first-order valence-corrected chi connectivity index (χ1v) is 5.53. The molecule has 1 aromatic rings. The second kappa shape index (κ2) is 5.59. The van der Waals surface area contributed by atoms with Gasteiger partial charge in [0.25, 0.3) is 0 Å². The van der Waals surface area contributed by atoms with Crippen LogP contribution < -0.4 is 4.74 Å². The van der Waals surface area contributed by atoms with Crippen LogP contribution in [0.1, 0.15) is 17.9 Å². The highest BCUT2D eigenvalue weighted by Gasteiger charge is 2.17. The largest absolute Gasteiger partial charge is 0.435 e. The summed E-state index contributed by atoms with van der Waals surface area (Å²) < 4.78 is 28.5. The van der Waals surface area contributed by atoms with Gasteiger partial charge >= 0.3 is 6.61 Å². The van der Waals surface area contributed by atoms with E-state index in [1.54, 1.807) is 0 Å². The topological polar surface area (TPSA) is 26.3 Å². The SMILES string of the molecule is CC(=O)C(Cl)c1ccc(OC(F)F)cc1Br. The number of hydrogen-bond donors (Lipinski definition) is 0. The van der Waals surface area contributed by atoms with Gasteiger partial charge in [-0.3, -0.25) is 4.79 Å². The monoisotopic (exact) mass is 312 g/mol. The quantitative estimate of drug-likeness (QED) is 0.788. The fourth-order valence-corrected chi connectivity index (χ4v) is 2.02. The molecule has 6 heteroatoms. The van der Waals surface area contributed by atoms with E-state index >= 15 is 0 Å². The molecule has 0 spiro atoms. The summed E-state index contributed by atoms with van der Waals surface area (Å²) in [5.74, 6) is -0.206. The predicted molar refractivity (Wildman–Crippen MR) is 60.0 cm³/mol. The minimum absolute atomic E-state index is 0.0121. The van der Waals surface area contributed by atoms with Gasteiger partial charge in [0.05, 0.1) is 0 Å². The van der Waals surface area contributed by atoms with E-state index in [-0.39, 0.29) is 11.5 Å². The molecule has 1 rings (SSSR count). The van der Waals surface area contributed by atoms with Gasteiger partial charge in [-0.25, -0.2) is 0 Å². The van der Waals surface area contributed by atoms with Gasteiger partial charge in [-0.2, -0.15) is 8.78 Å². The Morgan fingerprint density at radius 2 is 2.12 bits per heavy atom. The van der Waals surface area contributed by atoms with Gasteiger partial charge in [0.1, 0.15) is 11.1 Å². The lowest BCUT2D eigenvalue weighted by Gasteiger charge is -2.10. The van der Waals surface area contributed by atoms with Crippen LogP contribution in [-0.4, -0.2) is 12.4 Å². The molecule has 0 bridgehead atoms. The third-order valence-corrected chi connectivity index (χ3v) is 3.06. The van der Waals surface area contributed by atoms with E-state index in [1.807, 2.05) is 0 Å². The Kier molecular flexibility index (Phi) is 4.68. The van der Waals surface area contributed by atoms with E-state index in [9.17, 15) is 13.6 Å². The number of rotatable bonds is 4. The summed E-state index contributed by atoms with van der Waals surface area (Å²) in [5, 5.41) is -0.796. The van der Waals surface area contributed by atoms with E-state index in [1.165, 1.54) is 25.1 Å². The summed E-state index contributed by atoms with van der Waals surface area (Å²) in [7, 11) is 0. The molecule has 0 aliphatic carbocycles. The standard InChI is InChI=1S/C10H8BrClF2O2/c1-5(15)9(12)7-3-2-6(4-8(7)11)16-10(13)14/h2-4,9-10H,1H3. The Bertz CT molecular complexity index is 398. The summed E-state index contributed by atoms with van der Waals surface area (Å²) in [4.78, 5) is 11.1. The zero-order valence-electron chi connectivity index (χ0n) is 8.22. The van der Waals surface area contributed by atoms with E-state index in [0.717, 1.165) is 0 Å². The number of ether oxygens (including phenoxy) is 1. The molecule has 0 N–H and O–H groups in total. The molecule has 0 saturated heterocycles. The molecule has 0 amide bonds. The fraction of sp³-hybridized carbons (Fsp3) is 0.300. The highest BCUT2D eigenvalue weighted by Crippen LogP contribution is 2.32. The molecule has 0 aliphatic heterocycles. The summed E-state index contributed by atoms with van der Waals surface area (Å²) >= 11 is 8.98. The van der Waals surface area contributed by atoms with Crippen LogP contribution in [0.25, 0.3) is 0 Å². The first-order chi connectivity index (χ1) is 7.41. The molecular formula is C10H8BrClF2O2. The van der Waals surface area contributed by atoms with Crippen molar-refractivity contribution in [3.63, 3.8) is 0 Å². The van der Waals surface area contributed by atoms with Crippen LogP contribution in [0.3, 0.4) is 0 Å². The smallest absolute Gasteiger partial charge is 0.387 e. The maximum Gasteiger partial charge on any atom is 0.387 e. The Labute approximate surface area is 105 Å². The minimum Gasteiger partial charge on any atom is -0.435 e. The fourth-order valence-electron chi connectivity index (χ4n) is 1.11. The van der Waals surface area contributed by atoms with Crippen LogP contribution >= 0.6 is 27.5 Å². The third kappa shape index (κ3) is 3.42. The van der Waals surface area contributed by atoms with Gasteiger partial charge in [0.15, 0.2) is 5.78 Å². The molecule has 1 atom stereocenters. The third-order valence-electron chi connectivity index (χ3n) is 1.83. The van der Waals surface area contributed by atoms with Crippen molar-refractivity contribution in [2.24, 2.45) is 0 Å². The Morgan fingerprint density at radius 1 is 1.50 bits per heavy atom. The molecule has 0 heterocycles. The highest BCUT2D eigenvalue weighted by molar-refractivity contribution is 9.10. The van der Waals surface area contributed by atoms with Crippen LogP contribution in [0.15, 0.2) is 22.7 Å². The van der Waals surface area contributed by atoms with Crippen molar-refractivity contribution in [3.05, 3.63) is 28.2 Å². The van der Waals surface area contributed by atoms with Crippen molar-refractivity contribution in [1.29, 1.82) is 0 Å². The highest BCUT2D eigenvalue weighted by atomic mass is 79.9. The van der Waals surface area contributed by atoms with E-state index in [4.69, 9.17) is 11.6 Å². The van der Waals surface area contributed by atoms with Gasteiger partial charge in [0.2, 0.25) is 0 Å². The van der Waals surface area contributed by atoms with Crippen LogP contribution in [0, 0.1) is 0 Å². The molecule has 2 nitrogen and oxygen atoms in total. The first-order valence-electron chi connectivity index (χ1n) is 4.30. The molecule has 0 fully saturated rings. The average Bonchev–Trinajstić information content (AvgIpc) is 2.15. The van der Waals surface area contributed by atoms with Crippen molar-refractivity contribution >= 4 is 33.3 Å². The summed E-state index contributed by atoms with van der Waals surface area (Å²) in [6.07, 6.45) is 0. The lowest BCUT2D eigenvalue weighted by molar-refractivity contribution is -0.116. The van der Waals surface area contributed by atoms with Gasteiger partial charge in [-0.15, -0.1) is 11.6 Å². The molecule has 88 valence electrons. The lowest BCUT2D eigenvalue weighted by atomic mass is 10.1. The summed E-state index contributed by atoms with van der Waals surface area (Å²) in [5.41, 5.74) is 0.524. The van der Waals surface area contributed by atoms with Crippen molar-refractivity contribution < 1.29 is 18.3 Å². The average molecular weight is 314 g/mol. The zero-order chi connectivity index (χ0) is 12.3. The summed E-state index contributed by atoms with van der Waals surface area (Å²) in [6.45, 7) is -1.52. The summed E-state index contributed by atoms with van der Waals surface area (Å²) in [6, 6.07) is 4.16. The molecule has 0 aromatic heterocycles. The number of hydrogen-bond acceptors (Lipinski definition) is 2. The van der Waals surface area contributed by atoms with Crippen LogP contribution in [-0.2, 0) is 4.79 Å². The number of benzene rings is 1. The van der Waals surface area contributed by atoms with Crippen LogP contribution in [0.4, 0.5) is 8.78 Å². The van der Waals surface area contributed by atoms with Crippen molar-refractivity contribution in [2.45, 2.75) is 18.9 Å². The molecule has 0 aliphatic rings. The minimum atomic E-state index is -2.88. The van der Waals surface area contributed by atoms with Crippen molar-refractivity contribution in [3.8, 4) is 5.75 Å². The molecule has 1 aromatic carbocycles. The Morgan fingerprint density at radius 3 is 2.56 bits per heavy atom. The van der Waals surface area contributed by atoms with E-state index < -0.39 is 12.0 Å². The van der Waals surface area contributed by atoms with Crippen LogP contribution in [0.2, 0.25) is 0 Å². The van der Waals surface area contributed by atoms with Crippen LogP contribution in [0.5, 0.6) is 5.75 Å². The molecule has 0 saturated carbocycles. The number of ketones is 1. The maximum atomic E-state index is 11.9. The second-order valence-corrected chi connectivity index (χ2v) is 4.33. The number of alkyl halides is 3. The second-order valence-electron chi connectivity index (χ2n) is 3.04. The van der Waals surface area contributed by atoms with E-state index in [2.05, 4.69) is 20.7 Å². The number of halogens is 4.